The highest BCUT2D eigenvalue weighted by atomic mass is 32.2. The number of hydrogen-bond donors (Lipinski definition) is 0. The van der Waals surface area contributed by atoms with Crippen LogP contribution in [-0.2, 0) is 6.18 Å². The molecule has 21 heavy (non-hydrogen) atoms. The van der Waals surface area contributed by atoms with Crippen LogP contribution < -0.4 is 0 Å². The predicted molar refractivity (Wildman–Crippen MR) is 77.5 cm³/mol. The monoisotopic (exact) mass is 311 g/mol. The van der Waals surface area contributed by atoms with Crippen LogP contribution in [0.5, 0.6) is 0 Å². The third-order valence-electron chi connectivity index (χ3n) is 3.34. The summed E-state index contributed by atoms with van der Waals surface area (Å²) in [5, 5.41) is 2.74. The van der Waals surface area contributed by atoms with Gasteiger partial charge in [0.2, 0.25) is 4.70 Å². The van der Waals surface area contributed by atoms with Crippen LogP contribution in [0.15, 0.2) is 47.8 Å². The minimum atomic E-state index is -4.35. The Kier molecular flexibility index (Phi) is 3.24. The summed E-state index contributed by atoms with van der Waals surface area (Å²) in [6.07, 6.45) is -4.35. The third kappa shape index (κ3) is 2.42. The van der Waals surface area contributed by atoms with E-state index in [-0.39, 0.29) is 5.82 Å². The first-order chi connectivity index (χ1) is 9.88. The number of fused-ring (bicyclic) bond motifs is 1. The Balaban J connectivity index is 2.17. The van der Waals surface area contributed by atoms with Crippen LogP contribution in [0.1, 0.15) is 11.1 Å². The van der Waals surface area contributed by atoms with Gasteiger partial charge in [-0.2, -0.15) is 13.2 Å². The van der Waals surface area contributed by atoms with E-state index in [0.29, 0.717) is 9.60 Å². The smallest absolute Gasteiger partial charge is 0.201 e. The highest BCUT2D eigenvalue weighted by Crippen LogP contribution is 2.43. The van der Waals surface area contributed by atoms with Gasteiger partial charge in [0.15, 0.2) is 10.7 Å². The zero-order valence-corrected chi connectivity index (χ0v) is 11.9. The molecule has 0 aliphatic carbocycles. The second-order valence-corrected chi connectivity index (χ2v) is 6.57. The lowest BCUT2D eigenvalue weighted by Gasteiger charge is -2.05. The first kappa shape index (κ1) is 14.1. The number of rotatable bonds is 1. The summed E-state index contributed by atoms with van der Waals surface area (Å²) < 4.78 is 52.4. The van der Waals surface area contributed by atoms with Gasteiger partial charge < -0.3 is 0 Å². The summed E-state index contributed by atoms with van der Waals surface area (Å²) in [7, 11) is -0.647. The van der Waals surface area contributed by atoms with E-state index in [1.165, 1.54) is 18.2 Å². The quantitative estimate of drug-likeness (QED) is 0.379. The maximum atomic E-state index is 14.1. The summed E-state index contributed by atoms with van der Waals surface area (Å²) in [5.41, 5.74) is 0.260. The molecule has 0 saturated carbocycles. The number of hydrogen-bond acceptors (Lipinski definition) is 0. The summed E-state index contributed by atoms with van der Waals surface area (Å²) >= 11 is 0. The normalized spacial score (nSPS) is 12.9. The SMILES string of the molecule is Cc1c[s+](-c2ccc(C(F)(F)F)cc2)c2c(F)cccc12. The maximum absolute atomic E-state index is 14.1. The lowest BCUT2D eigenvalue weighted by Crippen LogP contribution is -2.03. The molecule has 1 atom stereocenters. The van der Waals surface area contributed by atoms with Crippen LogP contribution >= 0.6 is 10.5 Å². The lowest BCUT2D eigenvalue weighted by molar-refractivity contribution is -0.137. The molecule has 0 N–H and O–H groups in total. The van der Waals surface area contributed by atoms with Gasteiger partial charge in [0.25, 0.3) is 0 Å². The van der Waals surface area contributed by atoms with Crippen LogP contribution in [0, 0.1) is 12.7 Å². The summed E-state index contributed by atoms with van der Waals surface area (Å²) in [6, 6.07) is 9.81. The van der Waals surface area contributed by atoms with Crippen LogP contribution in [0.3, 0.4) is 0 Å². The number of halogens is 4. The molecule has 0 radical (unpaired) electrons. The van der Waals surface area contributed by atoms with Crippen LogP contribution in [0.25, 0.3) is 15.0 Å². The summed E-state index contributed by atoms with van der Waals surface area (Å²) in [4.78, 5) is 0.686. The summed E-state index contributed by atoms with van der Waals surface area (Å²) in [6.45, 7) is 1.88. The minimum Gasteiger partial charge on any atom is -0.201 e. The molecule has 0 bridgehead atoms. The molecule has 0 aliphatic heterocycles. The topological polar surface area (TPSA) is 0 Å². The molecule has 0 nitrogen and oxygen atoms in total. The van der Waals surface area contributed by atoms with Crippen molar-refractivity contribution in [2.75, 3.05) is 0 Å². The zero-order chi connectivity index (χ0) is 15.2. The van der Waals surface area contributed by atoms with Crippen molar-refractivity contribution in [3.63, 3.8) is 0 Å². The van der Waals surface area contributed by atoms with Gasteiger partial charge in [0.1, 0.15) is 5.38 Å². The van der Waals surface area contributed by atoms with Gasteiger partial charge >= 0.3 is 6.18 Å². The number of benzene rings is 2. The van der Waals surface area contributed by atoms with Gasteiger partial charge in [0.05, 0.1) is 5.56 Å². The molecule has 0 spiro atoms. The Hall–Kier alpha value is -1.88. The first-order valence-corrected chi connectivity index (χ1v) is 7.54. The molecule has 1 unspecified atom stereocenters. The van der Waals surface area contributed by atoms with Crippen molar-refractivity contribution in [3.05, 3.63) is 64.8 Å². The van der Waals surface area contributed by atoms with E-state index >= 15 is 0 Å². The molecule has 3 rings (SSSR count). The Bertz CT molecular complexity index is 797. The molecule has 2 aromatic carbocycles. The predicted octanol–water partition coefficient (Wildman–Crippen LogP) is 6.04. The molecule has 0 aliphatic rings. The molecule has 108 valence electrons. The first-order valence-electron chi connectivity index (χ1n) is 6.25. The van der Waals surface area contributed by atoms with Crippen LogP contribution in [0.4, 0.5) is 17.6 Å². The third-order valence-corrected chi connectivity index (χ3v) is 5.57. The zero-order valence-electron chi connectivity index (χ0n) is 11.0. The van der Waals surface area contributed by atoms with Crippen molar-refractivity contribution < 1.29 is 17.6 Å². The van der Waals surface area contributed by atoms with Gasteiger partial charge in [-0.15, -0.1) is 0 Å². The van der Waals surface area contributed by atoms with Gasteiger partial charge in [-0.3, -0.25) is 0 Å². The standard InChI is InChI=1S/C16H11F4S/c1-10-9-21(15-13(10)3-2-4-14(15)17)12-7-5-11(6-8-12)16(18,19)20/h2-9H,1H3/q+1. The Morgan fingerprint density at radius 1 is 0.952 bits per heavy atom. The number of thiophene rings is 1. The minimum absolute atomic E-state index is 0.316. The molecule has 0 saturated heterocycles. The molecular weight excluding hydrogens is 300 g/mol. The molecular formula is C16H11F4S+. The van der Waals surface area contributed by atoms with Gasteiger partial charge in [-0.1, -0.05) is 6.07 Å². The second kappa shape index (κ2) is 4.84. The average Bonchev–Trinajstić information content (AvgIpc) is 2.77. The van der Waals surface area contributed by atoms with Crippen molar-refractivity contribution in [2.45, 2.75) is 13.1 Å². The van der Waals surface area contributed by atoms with Gasteiger partial charge in [-0.05, 0) is 43.3 Å². The van der Waals surface area contributed by atoms with Crippen LogP contribution in [0.2, 0.25) is 0 Å². The van der Waals surface area contributed by atoms with Crippen molar-refractivity contribution in [2.24, 2.45) is 0 Å². The van der Waals surface area contributed by atoms with E-state index in [1.54, 1.807) is 6.07 Å². The highest BCUT2D eigenvalue weighted by molar-refractivity contribution is 7.43. The molecule has 5 heteroatoms. The van der Waals surface area contributed by atoms with E-state index < -0.39 is 22.2 Å². The largest absolute Gasteiger partial charge is 0.416 e. The van der Waals surface area contributed by atoms with Crippen LogP contribution in [-0.4, -0.2) is 0 Å². The Morgan fingerprint density at radius 3 is 2.24 bits per heavy atom. The Morgan fingerprint density at radius 2 is 1.62 bits per heavy atom. The summed E-state index contributed by atoms with van der Waals surface area (Å²) in [5.74, 6) is -0.316. The highest BCUT2D eigenvalue weighted by Gasteiger charge is 2.31. The molecule has 0 amide bonds. The number of aryl methyl sites for hydroxylation is 1. The van der Waals surface area contributed by atoms with E-state index in [4.69, 9.17) is 0 Å². The van der Waals surface area contributed by atoms with Crippen molar-refractivity contribution in [1.82, 2.24) is 0 Å². The van der Waals surface area contributed by atoms with E-state index in [1.807, 2.05) is 18.4 Å². The van der Waals surface area contributed by atoms with Gasteiger partial charge in [-0.25, -0.2) is 4.39 Å². The Labute approximate surface area is 121 Å². The van der Waals surface area contributed by atoms with E-state index in [9.17, 15) is 17.6 Å². The van der Waals surface area contributed by atoms with Gasteiger partial charge in [0, 0.05) is 21.4 Å². The average molecular weight is 311 g/mol. The second-order valence-electron chi connectivity index (χ2n) is 4.78. The molecule has 0 fully saturated rings. The van der Waals surface area contributed by atoms with Crippen molar-refractivity contribution in [3.8, 4) is 4.90 Å². The van der Waals surface area contributed by atoms with Crippen molar-refractivity contribution >= 4 is 20.6 Å². The maximum Gasteiger partial charge on any atom is 0.416 e. The van der Waals surface area contributed by atoms with E-state index in [0.717, 1.165) is 23.1 Å². The molecule has 3 aromatic rings. The van der Waals surface area contributed by atoms with E-state index in [2.05, 4.69) is 0 Å². The van der Waals surface area contributed by atoms with Crippen molar-refractivity contribution in [1.29, 1.82) is 0 Å². The fraction of sp³-hybridized carbons (Fsp3) is 0.125. The fourth-order valence-corrected chi connectivity index (χ4v) is 4.46. The lowest BCUT2D eigenvalue weighted by atomic mass is 10.2. The fourth-order valence-electron chi connectivity index (χ4n) is 2.32. The molecule has 1 heterocycles. The number of alkyl halides is 3. The molecule has 1 aromatic heterocycles.